The molecule has 0 saturated carbocycles. The van der Waals surface area contributed by atoms with Crippen LogP contribution in [0.3, 0.4) is 0 Å². The monoisotopic (exact) mass is 372 g/mol. The van der Waals surface area contributed by atoms with Gasteiger partial charge >= 0.3 is 0 Å². The van der Waals surface area contributed by atoms with Gasteiger partial charge in [-0.2, -0.15) is 8.42 Å². The molecule has 0 radical (unpaired) electrons. The Morgan fingerprint density at radius 2 is 1.77 bits per heavy atom. The average molecular weight is 372 g/mol. The first kappa shape index (κ1) is 17.3. The Labute approximate surface area is 154 Å². The predicted molar refractivity (Wildman–Crippen MR) is 103 cm³/mol. The van der Waals surface area contributed by atoms with Crippen LogP contribution in [0.1, 0.15) is 24.0 Å². The van der Waals surface area contributed by atoms with Crippen LogP contribution in [0.2, 0.25) is 0 Å². The van der Waals surface area contributed by atoms with Crippen LogP contribution in [0.25, 0.3) is 0 Å². The maximum absolute atomic E-state index is 12.7. The summed E-state index contributed by atoms with van der Waals surface area (Å²) in [6, 6.07) is 9.25. The van der Waals surface area contributed by atoms with E-state index in [-0.39, 0.29) is 5.03 Å². The van der Waals surface area contributed by atoms with Crippen molar-refractivity contribution in [3.05, 3.63) is 47.7 Å². The molecule has 2 heterocycles. The third-order valence-electron chi connectivity index (χ3n) is 5.08. The Morgan fingerprint density at radius 3 is 2.50 bits per heavy atom. The zero-order chi connectivity index (χ0) is 18.0. The number of benzene rings is 1. The summed E-state index contributed by atoms with van der Waals surface area (Å²) >= 11 is 0. The normalized spacial score (nSPS) is 17.6. The van der Waals surface area contributed by atoms with Gasteiger partial charge in [-0.1, -0.05) is 6.07 Å². The number of nitrogens with zero attached hydrogens (tertiary/aromatic N) is 2. The zero-order valence-electron chi connectivity index (χ0n) is 14.7. The van der Waals surface area contributed by atoms with E-state index in [9.17, 15) is 8.42 Å². The van der Waals surface area contributed by atoms with Gasteiger partial charge in [0.25, 0.3) is 10.0 Å². The number of anilines is 2. The van der Waals surface area contributed by atoms with Gasteiger partial charge < -0.3 is 10.2 Å². The number of rotatable bonds is 4. The van der Waals surface area contributed by atoms with Crippen LogP contribution in [-0.4, -0.2) is 39.6 Å². The third kappa shape index (κ3) is 3.68. The summed E-state index contributed by atoms with van der Waals surface area (Å²) in [5, 5.41) is 3.35. The molecule has 2 N–H and O–H groups in total. The molecule has 4 rings (SSSR count). The molecule has 1 saturated heterocycles. The molecule has 0 amide bonds. The lowest BCUT2D eigenvalue weighted by Gasteiger charge is -2.29. The van der Waals surface area contributed by atoms with Crippen molar-refractivity contribution in [2.45, 2.75) is 30.7 Å². The highest BCUT2D eigenvalue weighted by molar-refractivity contribution is 7.92. The topological polar surface area (TPSA) is 74.3 Å². The fourth-order valence-corrected chi connectivity index (χ4v) is 4.63. The van der Waals surface area contributed by atoms with E-state index in [4.69, 9.17) is 0 Å². The maximum Gasteiger partial charge on any atom is 0.279 e. The van der Waals surface area contributed by atoms with Gasteiger partial charge in [0.1, 0.15) is 0 Å². The number of hydrogen-bond acceptors (Lipinski definition) is 5. The number of aromatic nitrogens is 1. The molecule has 2 aromatic rings. The number of sulfonamides is 1. The Balaban J connectivity index is 1.51. The van der Waals surface area contributed by atoms with E-state index in [0.717, 1.165) is 51.1 Å². The van der Waals surface area contributed by atoms with Crippen molar-refractivity contribution >= 4 is 21.4 Å². The molecule has 1 aliphatic carbocycles. The minimum Gasteiger partial charge on any atom is -0.368 e. The standard InChI is InChI=1S/C19H24N4O2S/c24-26(25,22-17-6-5-15-3-1-2-4-16(15)13-17)19-8-7-18(14-21-19)23-11-9-20-10-12-23/h5-8,13-14,20,22H,1-4,9-12H2. The van der Waals surface area contributed by atoms with E-state index in [1.54, 1.807) is 12.3 Å². The fourth-order valence-electron chi connectivity index (χ4n) is 3.65. The number of nitrogens with one attached hydrogen (secondary N) is 2. The van der Waals surface area contributed by atoms with Crippen molar-refractivity contribution in [2.75, 3.05) is 35.8 Å². The summed E-state index contributed by atoms with van der Waals surface area (Å²) < 4.78 is 28.0. The van der Waals surface area contributed by atoms with E-state index in [2.05, 4.69) is 19.9 Å². The molecule has 1 fully saturated rings. The van der Waals surface area contributed by atoms with Crippen molar-refractivity contribution in [1.82, 2.24) is 10.3 Å². The lowest BCUT2D eigenvalue weighted by atomic mass is 9.91. The van der Waals surface area contributed by atoms with Crippen LogP contribution >= 0.6 is 0 Å². The molecule has 1 aromatic carbocycles. The smallest absolute Gasteiger partial charge is 0.279 e. The van der Waals surface area contributed by atoms with E-state index in [1.165, 1.54) is 17.5 Å². The first-order valence-electron chi connectivity index (χ1n) is 9.18. The second kappa shape index (κ2) is 7.25. The molecule has 0 unspecified atom stereocenters. The van der Waals surface area contributed by atoms with Crippen molar-refractivity contribution in [3.8, 4) is 0 Å². The Morgan fingerprint density at radius 1 is 1.00 bits per heavy atom. The maximum atomic E-state index is 12.7. The molecule has 6 nitrogen and oxygen atoms in total. The first-order valence-corrected chi connectivity index (χ1v) is 10.7. The Bertz CT molecular complexity index is 875. The number of aryl methyl sites for hydroxylation is 2. The van der Waals surface area contributed by atoms with Gasteiger partial charge in [0.15, 0.2) is 5.03 Å². The molecular formula is C19H24N4O2S. The Kier molecular flexibility index (Phi) is 4.82. The van der Waals surface area contributed by atoms with Crippen LogP contribution in [0.15, 0.2) is 41.6 Å². The minimum absolute atomic E-state index is 0.0501. The highest BCUT2D eigenvalue weighted by atomic mass is 32.2. The summed E-state index contributed by atoms with van der Waals surface area (Å²) in [6.45, 7) is 3.67. The largest absolute Gasteiger partial charge is 0.368 e. The van der Waals surface area contributed by atoms with Crippen molar-refractivity contribution in [1.29, 1.82) is 0 Å². The SMILES string of the molecule is O=S(=O)(Nc1ccc2c(c1)CCCC2)c1ccc(N2CCNCC2)cn1. The van der Waals surface area contributed by atoms with E-state index < -0.39 is 10.0 Å². The highest BCUT2D eigenvalue weighted by Crippen LogP contribution is 2.25. The molecule has 0 bridgehead atoms. The number of piperazine rings is 1. The molecule has 1 aliphatic heterocycles. The van der Waals surface area contributed by atoms with Gasteiger partial charge in [-0.15, -0.1) is 0 Å². The van der Waals surface area contributed by atoms with Crippen molar-refractivity contribution in [3.63, 3.8) is 0 Å². The quantitative estimate of drug-likeness (QED) is 0.860. The second-order valence-electron chi connectivity index (χ2n) is 6.89. The van der Waals surface area contributed by atoms with Crippen LogP contribution in [-0.2, 0) is 22.9 Å². The minimum atomic E-state index is -3.68. The molecule has 0 spiro atoms. The summed E-state index contributed by atoms with van der Waals surface area (Å²) in [4.78, 5) is 6.40. The molecule has 1 aromatic heterocycles. The van der Waals surface area contributed by atoms with Crippen LogP contribution in [0.5, 0.6) is 0 Å². The third-order valence-corrected chi connectivity index (χ3v) is 6.38. The van der Waals surface area contributed by atoms with E-state index >= 15 is 0 Å². The fraction of sp³-hybridized carbons (Fsp3) is 0.421. The van der Waals surface area contributed by atoms with E-state index in [1.807, 2.05) is 24.3 Å². The highest BCUT2D eigenvalue weighted by Gasteiger charge is 2.18. The molecule has 0 atom stereocenters. The van der Waals surface area contributed by atoms with Gasteiger partial charge in [-0.25, -0.2) is 4.98 Å². The predicted octanol–water partition coefficient (Wildman–Crippen LogP) is 2.17. The lowest BCUT2D eigenvalue weighted by Crippen LogP contribution is -2.43. The average Bonchev–Trinajstić information content (AvgIpc) is 2.68. The van der Waals surface area contributed by atoms with Gasteiger partial charge in [0.05, 0.1) is 11.9 Å². The van der Waals surface area contributed by atoms with Crippen molar-refractivity contribution < 1.29 is 8.42 Å². The summed E-state index contributed by atoms with van der Waals surface area (Å²) in [6.07, 6.45) is 6.12. The number of hydrogen-bond donors (Lipinski definition) is 2. The number of pyridine rings is 1. The van der Waals surface area contributed by atoms with Gasteiger partial charge in [0.2, 0.25) is 0 Å². The second-order valence-corrected chi connectivity index (χ2v) is 8.52. The van der Waals surface area contributed by atoms with Crippen LogP contribution < -0.4 is 14.9 Å². The summed E-state index contributed by atoms with van der Waals surface area (Å²) in [5.41, 5.74) is 4.15. The summed E-state index contributed by atoms with van der Waals surface area (Å²) in [7, 11) is -3.68. The van der Waals surface area contributed by atoms with Crippen molar-refractivity contribution in [2.24, 2.45) is 0 Å². The molecular weight excluding hydrogens is 348 g/mol. The van der Waals surface area contributed by atoms with Crippen LogP contribution in [0, 0.1) is 0 Å². The van der Waals surface area contributed by atoms with Gasteiger partial charge in [-0.05, 0) is 61.1 Å². The lowest BCUT2D eigenvalue weighted by molar-refractivity contribution is 0.587. The molecule has 138 valence electrons. The first-order chi connectivity index (χ1) is 12.6. The van der Waals surface area contributed by atoms with E-state index in [0.29, 0.717) is 5.69 Å². The molecule has 2 aliphatic rings. The molecule has 7 heteroatoms. The summed E-state index contributed by atoms with van der Waals surface area (Å²) in [5.74, 6) is 0. The van der Waals surface area contributed by atoms with Crippen LogP contribution in [0.4, 0.5) is 11.4 Å². The van der Waals surface area contributed by atoms with Gasteiger partial charge in [-0.3, -0.25) is 4.72 Å². The number of fused-ring (bicyclic) bond motifs is 1. The zero-order valence-corrected chi connectivity index (χ0v) is 15.6. The van der Waals surface area contributed by atoms with Gasteiger partial charge in [0, 0.05) is 31.9 Å². The molecule has 26 heavy (non-hydrogen) atoms. The Hall–Kier alpha value is -2.12.